The van der Waals surface area contributed by atoms with E-state index in [0.29, 0.717) is 34.6 Å². The molecule has 1 aromatic carbocycles. The third kappa shape index (κ3) is 3.34. The standard InChI is InChI=1S/C13H16Cl2N2O.ClH/c1-8-5-9(6-16)7-17(8)13(18)10-3-2-4-11(14)12(10)15;/h2-4,8-9H,5-7,16H2,1H3;1H. The second-order valence-corrected chi connectivity index (χ2v) is 5.53. The summed E-state index contributed by atoms with van der Waals surface area (Å²) in [5, 5.41) is 0.734. The summed E-state index contributed by atoms with van der Waals surface area (Å²) >= 11 is 12.0. The summed E-state index contributed by atoms with van der Waals surface area (Å²) in [5.74, 6) is 0.313. The molecule has 2 N–H and O–H groups in total. The van der Waals surface area contributed by atoms with E-state index in [-0.39, 0.29) is 24.4 Å². The summed E-state index contributed by atoms with van der Waals surface area (Å²) in [5.41, 5.74) is 6.13. The van der Waals surface area contributed by atoms with E-state index in [1.165, 1.54) is 0 Å². The number of hydrogen-bond donors (Lipinski definition) is 1. The van der Waals surface area contributed by atoms with Crippen LogP contribution in [0.3, 0.4) is 0 Å². The van der Waals surface area contributed by atoms with Crippen LogP contribution in [0.2, 0.25) is 10.0 Å². The van der Waals surface area contributed by atoms with Crippen molar-refractivity contribution < 1.29 is 4.79 Å². The Morgan fingerprint density at radius 1 is 1.47 bits per heavy atom. The van der Waals surface area contributed by atoms with Crippen molar-refractivity contribution in [3.8, 4) is 0 Å². The third-order valence-electron chi connectivity index (χ3n) is 3.44. The predicted octanol–water partition coefficient (Wildman–Crippen LogP) is 3.22. The molecule has 3 nitrogen and oxygen atoms in total. The van der Waals surface area contributed by atoms with Gasteiger partial charge in [-0.3, -0.25) is 4.79 Å². The molecule has 0 saturated carbocycles. The second-order valence-electron chi connectivity index (χ2n) is 4.75. The lowest BCUT2D eigenvalue weighted by Gasteiger charge is -2.22. The third-order valence-corrected chi connectivity index (χ3v) is 4.26. The van der Waals surface area contributed by atoms with E-state index in [2.05, 4.69) is 0 Å². The fourth-order valence-electron chi connectivity index (χ4n) is 2.42. The quantitative estimate of drug-likeness (QED) is 0.908. The van der Waals surface area contributed by atoms with Crippen molar-refractivity contribution in [3.05, 3.63) is 33.8 Å². The molecule has 0 aromatic heterocycles. The van der Waals surface area contributed by atoms with E-state index >= 15 is 0 Å². The van der Waals surface area contributed by atoms with Gasteiger partial charge in [0.15, 0.2) is 0 Å². The van der Waals surface area contributed by atoms with Crippen LogP contribution in [0.4, 0.5) is 0 Å². The highest BCUT2D eigenvalue weighted by molar-refractivity contribution is 6.43. The smallest absolute Gasteiger partial charge is 0.255 e. The number of nitrogens with two attached hydrogens (primary N) is 1. The molecular weight excluding hydrogens is 307 g/mol. The molecule has 1 aliphatic rings. The Labute approximate surface area is 129 Å². The Morgan fingerprint density at radius 2 is 2.16 bits per heavy atom. The maximum absolute atomic E-state index is 12.4. The first-order valence-electron chi connectivity index (χ1n) is 5.99. The zero-order valence-electron chi connectivity index (χ0n) is 10.6. The van der Waals surface area contributed by atoms with E-state index in [4.69, 9.17) is 28.9 Å². The number of rotatable bonds is 2. The molecule has 0 bridgehead atoms. The van der Waals surface area contributed by atoms with E-state index < -0.39 is 0 Å². The molecule has 1 saturated heterocycles. The van der Waals surface area contributed by atoms with E-state index in [0.717, 1.165) is 6.42 Å². The first-order chi connectivity index (χ1) is 8.54. The molecule has 2 rings (SSSR count). The largest absolute Gasteiger partial charge is 0.336 e. The average molecular weight is 324 g/mol. The van der Waals surface area contributed by atoms with Crippen molar-refractivity contribution in [1.29, 1.82) is 0 Å². The van der Waals surface area contributed by atoms with Crippen LogP contribution in [0.25, 0.3) is 0 Å². The van der Waals surface area contributed by atoms with Gasteiger partial charge < -0.3 is 10.6 Å². The number of likely N-dealkylation sites (tertiary alicyclic amines) is 1. The van der Waals surface area contributed by atoms with Gasteiger partial charge in [-0.2, -0.15) is 0 Å². The molecule has 1 heterocycles. The summed E-state index contributed by atoms with van der Waals surface area (Å²) in [7, 11) is 0. The SMILES string of the molecule is CC1CC(CN)CN1C(=O)c1cccc(Cl)c1Cl.Cl. The zero-order valence-corrected chi connectivity index (χ0v) is 12.9. The van der Waals surface area contributed by atoms with Gasteiger partial charge in [0, 0.05) is 12.6 Å². The lowest BCUT2D eigenvalue weighted by atomic mass is 10.1. The molecule has 0 spiro atoms. The predicted molar refractivity (Wildman–Crippen MR) is 81.4 cm³/mol. The first-order valence-corrected chi connectivity index (χ1v) is 6.75. The van der Waals surface area contributed by atoms with Crippen LogP contribution in [-0.2, 0) is 0 Å². The lowest BCUT2D eigenvalue weighted by Crippen LogP contribution is -2.34. The summed E-state index contributed by atoms with van der Waals surface area (Å²) in [4.78, 5) is 14.3. The van der Waals surface area contributed by atoms with Gasteiger partial charge in [-0.25, -0.2) is 0 Å². The maximum Gasteiger partial charge on any atom is 0.255 e. The zero-order chi connectivity index (χ0) is 13.3. The minimum Gasteiger partial charge on any atom is -0.336 e. The summed E-state index contributed by atoms with van der Waals surface area (Å²) in [6.07, 6.45) is 0.945. The van der Waals surface area contributed by atoms with Gasteiger partial charge in [-0.1, -0.05) is 29.3 Å². The molecule has 0 aliphatic carbocycles. The average Bonchev–Trinajstić information content (AvgIpc) is 2.73. The van der Waals surface area contributed by atoms with Crippen LogP contribution in [0, 0.1) is 5.92 Å². The number of nitrogens with zero attached hydrogens (tertiary/aromatic N) is 1. The number of carbonyl (C=O) groups is 1. The van der Waals surface area contributed by atoms with Gasteiger partial charge in [-0.05, 0) is 37.9 Å². The molecule has 19 heavy (non-hydrogen) atoms. The topological polar surface area (TPSA) is 46.3 Å². The second kappa shape index (κ2) is 6.80. The Kier molecular flexibility index (Phi) is 5.93. The van der Waals surface area contributed by atoms with Crippen LogP contribution in [0.5, 0.6) is 0 Å². The van der Waals surface area contributed by atoms with Crippen LogP contribution >= 0.6 is 35.6 Å². The Hall–Kier alpha value is -0.480. The summed E-state index contributed by atoms with van der Waals surface area (Å²) in [6, 6.07) is 5.32. The van der Waals surface area contributed by atoms with Crippen molar-refractivity contribution in [2.24, 2.45) is 11.7 Å². The fourth-order valence-corrected chi connectivity index (χ4v) is 2.80. The normalized spacial score (nSPS) is 22.2. The van der Waals surface area contributed by atoms with Gasteiger partial charge in [0.05, 0.1) is 15.6 Å². The van der Waals surface area contributed by atoms with Crippen LogP contribution in [0.15, 0.2) is 18.2 Å². The first kappa shape index (κ1) is 16.6. The highest BCUT2D eigenvalue weighted by Gasteiger charge is 2.32. The van der Waals surface area contributed by atoms with Crippen molar-refractivity contribution in [2.45, 2.75) is 19.4 Å². The molecule has 2 unspecified atom stereocenters. The molecule has 1 fully saturated rings. The van der Waals surface area contributed by atoms with Crippen molar-refractivity contribution >= 4 is 41.5 Å². The lowest BCUT2D eigenvalue weighted by molar-refractivity contribution is 0.0743. The van der Waals surface area contributed by atoms with Crippen LogP contribution in [-0.4, -0.2) is 29.9 Å². The minimum atomic E-state index is -0.0639. The van der Waals surface area contributed by atoms with Crippen LogP contribution in [0.1, 0.15) is 23.7 Å². The number of hydrogen-bond acceptors (Lipinski definition) is 2. The maximum atomic E-state index is 12.4. The van der Waals surface area contributed by atoms with Crippen molar-refractivity contribution in [1.82, 2.24) is 4.90 Å². The van der Waals surface area contributed by atoms with Gasteiger partial charge in [0.25, 0.3) is 5.91 Å². The molecule has 1 amide bonds. The van der Waals surface area contributed by atoms with Gasteiger partial charge >= 0.3 is 0 Å². The summed E-state index contributed by atoms with van der Waals surface area (Å²) in [6.45, 7) is 3.34. The van der Waals surface area contributed by atoms with E-state index in [1.807, 2.05) is 11.8 Å². The molecular formula is C13H17Cl3N2O. The number of halogens is 3. The van der Waals surface area contributed by atoms with Crippen molar-refractivity contribution in [2.75, 3.05) is 13.1 Å². The van der Waals surface area contributed by atoms with Gasteiger partial charge in [0.1, 0.15) is 0 Å². The van der Waals surface area contributed by atoms with Crippen molar-refractivity contribution in [3.63, 3.8) is 0 Å². The summed E-state index contributed by atoms with van der Waals surface area (Å²) < 4.78 is 0. The molecule has 1 aromatic rings. The molecule has 6 heteroatoms. The Balaban J connectivity index is 0.00000180. The van der Waals surface area contributed by atoms with Crippen LogP contribution < -0.4 is 5.73 Å². The fraction of sp³-hybridized carbons (Fsp3) is 0.462. The van der Waals surface area contributed by atoms with Gasteiger partial charge in [-0.15, -0.1) is 12.4 Å². The number of carbonyl (C=O) groups excluding carboxylic acids is 1. The number of amides is 1. The molecule has 106 valence electrons. The number of benzene rings is 1. The van der Waals surface area contributed by atoms with E-state index in [1.54, 1.807) is 18.2 Å². The highest BCUT2D eigenvalue weighted by Crippen LogP contribution is 2.30. The minimum absolute atomic E-state index is 0. The van der Waals surface area contributed by atoms with E-state index in [9.17, 15) is 4.79 Å². The Bertz CT molecular complexity index is 467. The molecule has 1 aliphatic heterocycles. The monoisotopic (exact) mass is 322 g/mol. The Morgan fingerprint density at radius 3 is 2.74 bits per heavy atom. The van der Waals surface area contributed by atoms with Gasteiger partial charge in [0.2, 0.25) is 0 Å². The molecule has 0 radical (unpaired) electrons. The highest BCUT2D eigenvalue weighted by atomic mass is 35.5. The molecule has 2 atom stereocenters.